The average Bonchev–Trinajstić information content (AvgIpc) is 2.39. The summed E-state index contributed by atoms with van der Waals surface area (Å²) in [5, 5.41) is 9.35. The predicted octanol–water partition coefficient (Wildman–Crippen LogP) is 3.38. The molecule has 0 radical (unpaired) electrons. The van der Waals surface area contributed by atoms with E-state index in [1.54, 1.807) is 24.5 Å². The molecule has 2 rings (SSSR count). The quantitative estimate of drug-likeness (QED) is 0.846. The van der Waals surface area contributed by atoms with Crippen molar-refractivity contribution in [2.45, 2.75) is 18.8 Å². The Morgan fingerprint density at radius 3 is 2.26 bits per heavy atom. The first kappa shape index (κ1) is 13.2. The van der Waals surface area contributed by atoms with Gasteiger partial charge in [-0.15, -0.1) is 0 Å². The Balaban J connectivity index is 2.47. The number of hydrogen-bond donors (Lipinski definition) is 0. The van der Waals surface area contributed by atoms with Crippen LogP contribution in [0.3, 0.4) is 0 Å². The summed E-state index contributed by atoms with van der Waals surface area (Å²) in [5.41, 5.74) is -0.632. The molecule has 0 aliphatic rings. The summed E-state index contributed by atoms with van der Waals surface area (Å²) in [5.74, 6) is -1.39. The molecule has 0 spiro atoms. The lowest BCUT2D eigenvalue weighted by molar-refractivity contribution is 0.486. The van der Waals surface area contributed by atoms with Gasteiger partial charge in [0.25, 0.3) is 0 Å². The highest BCUT2D eigenvalue weighted by Gasteiger charge is 2.32. The van der Waals surface area contributed by atoms with Gasteiger partial charge in [-0.05, 0) is 43.2 Å². The summed E-state index contributed by atoms with van der Waals surface area (Å²) >= 11 is 0. The van der Waals surface area contributed by atoms with Gasteiger partial charge in [-0.1, -0.05) is 6.07 Å². The van der Waals surface area contributed by atoms with Gasteiger partial charge in [0.1, 0.15) is 11.6 Å². The molecule has 2 nitrogen and oxygen atoms in total. The van der Waals surface area contributed by atoms with Crippen LogP contribution in [0.2, 0.25) is 0 Å². The van der Waals surface area contributed by atoms with E-state index in [0.717, 1.165) is 5.56 Å². The van der Waals surface area contributed by atoms with Crippen molar-refractivity contribution in [1.29, 1.82) is 5.26 Å². The molecule has 1 heterocycles. The van der Waals surface area contributed by atoms with Gasteiger partial charge in [0.2, 0.25) is 0 Å². The van der Waals surface area contributed by atoms with Gasteiger partial charge >= 0.3 is 0 Å². The summed E-state index contributed by atoms with van der Waals surface area (Å²) in [6.07, 6.45) is 3.40. The lowest BCUT2D eigenvalue weighted by Gasteiger charge is -2.23. The first-order valence-electron chi connectivity index (χ1n) is 5.81. The van der Waals surface area contributed by atoms with Crippen molar-refractivity contribution in [3.8, 4) is 6.07 Å². The summed E-state index contributed by atoms with van der Waals surface area (Å²) in [6.45, 7) is 1.54. The molecule has 2 aromatic rings. The molecule has 0 aliphatic heterocycles. The van der Waals surface area contributed by atoms with E-state index in [0.29, 0.717) is 0 Å². The van der Waals surface area contributed by atoms with Crippen LogP contribution in [-0.4, -0.2) is 4.98 Å². The number of nitriles is 1. The zero-order valence-corrected chi connectivity index (χ0v) is 10.4. The maximum atomic E-state index is 13.8. The van der Waals surface area contributed by atoms with E-state index in [1.807, 2.05) is 6.07 Å². The van der Waals surface area contributed by atoms with Crippen molar-refractivity contribution < 1.29 is 8.78 Å². The van der Waals surface area contributed by atoms with E-state index < -0.39 is 17.0 Å². The second-order valence-corrected chi connectivity index (χ2v) is 4.57. The molecule has 0 aliphatic carbocycles. The third-order valence-corrected chi connectivity index (χ3v) is 3.07. The van der Waals surface area contributed by atoms with Gasteiger partial charge in [0, 0.05) is 18.0 Å². The highest BCUT2D eigenvalue weighted by atomic mass is 19.1. The van der Waals surface area contributed by atoms with Crippen molar-refractivity contribution in [2.75, 3.05) is 0 Å². The lowest BCUT2D eigenvalue weighted by atomic mass is 9.78. The van der Waals surface area contributed by atoms with Crippen molar-refractivity contribution in [3.63, 3.8) is 0 Å². The molecule has 1 aromatic heterocycles. The third kappa shape index (κ3) is 2.60. The molecular weight excluding hydrogens is 246 g/mol. The number of pyridine rings is 1. The fourth-order valence-electron chi connectivity index (χ4n) is 2.12. The Kier molecular flexibility index (Phi) is 3.57. The number of halogens is 2. The summed E-state index contributed by atoms with van der Waals surface area (Å²) in [4.78, 5) is 3.88. The monoisotopic (exact) mass is 258 g/mol. The first-order valence-corrected chi connectivity index (χ1v) is 5.81. The molecule has 4 heteroatoms. The van der Waals surface area contributed by atoms with Gasteiger partial charge in [0.15, 0.2) is 0 Å². The summed E-state index contributed by atoms with van der Waals surface area (Å²) in [7, 11) is 0. The van der Waals surface area contributed by atoms with Crippen molar-refractivity contribution in [3.05, 3.63) is 65.5 Å². The standard InChI is InChI=1S/C15H12F2N2/c1-15(10-18,9-11-5-7-19-8-6-11)14-12(16)3-2-4-13(14)17/h2-8H,9H2,1H3. The molecule has 19 heavy (non-hydrogen) atoms. The van der Waals surface area contributed by atoms with Crippen LogP contribution < -0.4 is 0 Å². The highest BCUT2D eigenvalue weighted by Crippen LogP contribution is 2.31. The zero-order valence-electron chi connectivity index (χ0n) is 10.4. The fourth-order valence-corrected chi connectivity index (χ4v) is 2.12. The molecule has 0 bridgehead atoms. The van der Waals surface area contributed by atoms with E-state index in [2.05, 4.69) is 4.98 Å². The average molecular weight is 258 g/mol. The van der Waals surface area contributed by atoms with Crippen LogP contribution in [0, 0.1) is 23.0 Å². The Hall–Kier alpha value is -2.28. The summed E-state index contributed by atoms with van der Waals surface area (Å²) in [6, 6.07) is 9.11. The Morgan fingerprint density at radius 1 is 1.16 bits per heavy atom. The van der Waals surface area contributed by atoms with Crippen LogP contribution in [0.4, 0.5) is 8.78 Å². The van der Waals surface area contributed by atoms with Gasteiger partial charge in [-0.3, -0.25) is 4.98 Å². The van der Waals surface area contributed by atoms with Gasteiger partial charge in [-0.25, -0.2) is 8.78 Å². The molecule has 1 aromatic carbocycles. The zero-order chi connectivity index (χ0) is 13.9. The van der Waals surface area contributed by atoms with Crippen LogP contribution in [0.1, 0.15) is 18.1 Å². The fraction of sp³-hybridized carbons (Fsp3) is 0.200. The molecule has 1 atom stereocenters. The number of hydrogen-bond acceptors (Lipinski definition) is 2. The van der Waals surface area contributed by atoms with E-state index in [1.165, 1.54) is 25.1 Å². The second kappa shape index (κ2) is 5.15. The molecule has 0 saturated carbocycles. The number of rotatable bonds is 3. The largest absolute Gasteiger partial charge is 0.265 e. The maximum absolute atomic E-state index is 13.8. The Bertz CT molecular complexity index is 600. The minimum atomic E-state index is -1.25. The smallest absolute Gasteiger partial charge is 0.130 e. The highest BCUT2D eigenvalue weighted by molar-refractivity contribution is 5.36. The van der Waals surface area contributed by atoms with Crippen molar-refractivity contribution in [1.82, 2.24) is 4.98 Å². The van der Waals surface area contributed by atoms with Crippen LogP contribution in [0.25, 0.3) is 0 Å². The predicted molar refractivity (Wildman–Crippen MR) is 67.3 cm³/mol. The molecule has 0 amide bonds. The topological polar surface area (TPSA) is 36.7 Å². The Labute approximate surface area is 110 Å². The lowest BCUT2D eigenvalue weighted by Crippen LogP contribution is -2.26. The molecule has 96 valence electrons. The number of aromatic nitrogens is 1. The molecule has 1 unspecified atom stereocenters. The normalized spacial score (nSPS) is 13.6. The van der Waals surface area contributed by atoms with Crippen LogP contribution in [0.5, 0.6) is 0 Å². The van der Waals surface area contributed by atoms with Crippen molar-refractivity contribution >= 4 is 0 Å². The minimum Gasteiger partial charge on any atom is -0.265 e. The van der Waals surface area contributed by atoms with Crippen LogP contribution in [0.15, 0.2) is 42.7 Å². The SMILES string of the molecule is CC(C#N)(Cc1ccncc1)c1c(F)cccc1F. The number of nitrogens with zero attached hydrogens (tertiary/aromatic N) is 2. The third-order valence-electron chi connectivity index (χ3n) is 3.07. The number of benzene rings is 1. The van der Waals surface area contributed by atoms with Gasteiger partial charge in [-0.2, -0.15) is 5.26 Å². The van der Waals surface area contributed by atoms with E-state index in [4.69, 9.17) is 0 Å². The first-order chi connectivity index (χ1) is 9.07. The van der Waals surface area contributed by atoms with Crippen LogP contribution >= 0.6 is 0 Å². The Morgan fingerprint density at radius 2 is 1.74 bits per heavy atom. The van der Waals surface area contributed by atoms with Crippen molar-refractivity contribution in [2.24, 2.45) is 0 Å². The van der Waals surface area contributed by atoms with E-state index >= 15 is 0 Å². The summed E-state index contributed by atoms with van der Waals surface area (Å²) < 4.78 is 27.7. The molecule has 0 fully saturated rings. The second-order valence-electron chi connectivity index (χ2n) is 4.57. The molecule has 0 saturated heterocycles. The molecular formula is C15H12F2N2. The van der Waals surface area contributed by atoms with E-state index in [9.17, 15) is 14.0 Å². The van der Waals surface area contributed by atoms with Gasteiger partial charge in [0.05, 0.1) is 11.5 Å². The van der Waals surface area contributed by atoms with Gasteiger partial charge < -0.3 is 0 Å². The van der Waals surface area contributed by atoms with Crippen LogP contribution in [-0.2, 0) is 11.8 Å². The minimum absolute atomic E-state index is 0.186. The molecule has 0 N–H and O–H groups in total. The maximum Gasteiger partial charge on any atom is 0.130 e. The van der Waals surface area contributed by atoms with E-state index in [-0.39, 0.29) is 12.0 Å².